The summed E-state index contributed by atoms with van der Waals surface area (Å²) in [7, 11) is 0. The number of rotatable bonds is 3. The van der Waals surface area contributed by atoms with Gasteiger partial charge in [-0.3, -0.25) is 4.79 Å². The van der Waals surface area contributed by atoms with Crippen molar-refractivity contribution in [3.05, 3.63) is 65.7 Å². The maximum atomic E-state index is 12.0. The van der Waals surface area contributed by atoms with Crippen LogP contribution in [-0.2, 0) is 16.6 Å². The van der Waals surface area contributed by atoms with E-state index in [0.717, 1.165) is 11.3 Å². The average molecular weight is 267 g/mol. The van der Waals surface area contributed by atoms with E-state index in [0.29, 0.717) is 6.42 Å². The van der Waals surface area contributed by atoms with Crippen molar-refractivity contribution >= 4 is 11.6 Å². The normalized spacial score (nSPS) is 11.2. The minimum Gasteiger partial charge on any atom is -0.326 e. The molecule has 1 N–H and O–H groups in total. The van der Waals surface area contributed by atoms with Crippen molar-refractivity contribution in [1.29, 1.82) is 0 Å². The molecule has 0 saturated heterocycles. The first-order chi connectivity index (χ1) is 9.45. The molecule has 2 rings (SSSR count). The van der Waals surface area contributed by atoms with Crippen molar-refractivity contribution in [2.75, 3.05) is 5.32 Å². The topological polar surface area (TPSA) is 29.1 Å². The molecule has 0 aromatic heterocycles. The summed E-state index contributed by atoms with van der Waals surface area (Å²) in [6, 6.07) is 17.8. The summed E-state index contributed by atoms with van der Waals surface area (Å²) in [5.41, 5.74) is 3.30. The summed E-state index contributed by atoms with van der Waals surface area (Å²) in [6.07, 6.45) is 0.402. The highest BCUT2D eigenvalue weighted by molar-refractivity contribution is 5.92. The minimum absolute atomic E-state index is 0.0136. The van der Waals surface area contributed by atoms with E-state index in [1.807, 2.05) is 42.5 Å². The van der Waals surface area contributed by atoms with Gasteiger partial charge in [0.15, 0.2) is 0 Å². The lowest BCUT2D eigenvalue weighted by atomic mass is 9.86. The zero-order valence-electron chi connectivity index (χ0n) is 12.3. The number of carbonyl (C=O) groups excluding carboxylic acids is 1. The molecule has 0 aliphatic carbocycles. The maximum Gasteiger partial charge on any atom is 0.228 e. The Balaban J connectivity index is 1.98. The standard InChI is InChI=1S/C18H21NO/c1-18(2,3)15-11-9-14(10-12-15)13-17(20)19-16-7-5-4-6-8-16/h4-12H,13H2,1-3H3,(H,19,20). The second-order valence-corrected chi connectivity index (χ2v) is 6.04. The van der Waals surface area contributed by atoms with Crippen molar-refractivity contribution in [2.45, 2.75) is 32.6 Å². The zero-order chi connectivity index (χ0) is 14.6. The maximum absolute atomic E-state index is 12.0. The van der Waals surface area contributed by atoms with Gasteiger partial charge in [-0.1, -0.05) is 63.2 Å². The molecule has 104 valence electrons. The predicted molar refractivity (Wildman–Crippen MR) is 83.9 cm³/mol. The Morgan fingerprint density at radius 1 is 0.950 bits per heavy atom. The van der Waals surface area contributed by atoms with Gasteiger partial charge in [0.05, 0.1) is 6.42 Å². The molecule has 0 saturated carbocycles. The number of benzene rings is 2. The van der Waals surface area contributed by atoms with Gasteiger partial charge in [-0.05, 0) is 28.7 Å². The Kier molecular flexibility index (Phi) is 4.23. The lowest BCUT2D eigenvalue weighted by Gasteiger charge is -2.19. The summed E-state index contributed by atoms with van der Waals surface area (Å²) >= 11 is 0. The second kappa shape index (κ2) is 5.91. The van der Waals surface area contributed by atoms with E-state index in [9.17, 15) is 4.79 Å². The number of nitrogens with one attached hydrogen (secondary N) is 1. The highest BCUT2D eigenvalue weighted by atomic mass is 16.1. The summed E-state index contributed by atoms with van der Waals surface area (Å²) in [6.45, 7) is 6.55. The van der Waals surface area contributed by atoms with Gasteiger partial charge in [-0.2, -0.15) is 0 Å². The fraction of sp³-hybridized carbons (Fsp3) is 0.278. The van der Waals surface area contributed by atoms with E-state index >= 15 is 0 Å². The van der Waals surface area contributed by atoms with Crippen molar-refractivity contribution in [3.63, 3.8) is 0 Å². The number of hydrogen-bond donors (Lipinski definition) is 1. The summed E-state index contributed by atoms with van der Waals surface area (Å²) in [4.78, 5) is 12.0. The summed E-state index contributed by atoms with van der Waals surface area (Å²) in [5.74, 6) is 0.0136. The number of amides is 1. The molecular formula is C18H21NO. The first kappa shape index (κ1) is 14.3. The third-order valence-electron chi connectivity index (χ3n) is 3.24. The number of para-hydroxylation sites is 1. The smallest absolute Gasteiger partial charge is 0.228 e. The molecule has 20 heavy (non-hydrogen) atoms. The number of anilines is 1. The van der Waals surface area contributed by atoms with Crippen LogP contribution >= 0.6 is 0 Å². The van der Waals surface area contributed by atoms with Crippen LogP contribution in [0.25, 0.3) is 0 Å². The summed E-state index contributed by atoms with van der Waals surface area (Å²) < 4.78 is 0. The first-order valence-electron chi connectivity index (χ1n) is 6.89. The quantitative estimate of drug-likeness (QED) is 0.888. The zero-order valence-corrected chi connectivity index (χ0v) is 12.3. The molecule has 1 amide bonds. The van der Waals surface area contributed by atoms with Crippen LogP contribution < -0.4 is 5.32 Å². The van der Waals surface area contributed by atoms with Crippen molar-refractivity contribution < 1.29 is 4.79 Å². The second-order valence-electron chi connectivity index (χ2n) is 6.04. The molecule has 0 heterocycles. The van der Waals surface area contributed by atoms with E-state index in [-0.39, 0.29) is 11.3 Å². The van der Waals surface area contributed by atoms with Crippen LogP contribution in [0.15, 0.2) is 54.6 Å². The van der Waals surface area contributed by atoms with Gasteiger partial charge in [0.1, 0.15) is 0 Å². The molecule has 0 unspecified atom stereocenters. The van der Waals surface area contributed by atoms with Crippen molar-refractivity contribution in [2.24, 2.45) is 0 Å². The van der Waals surface area contributed by atoms with E-state index < -0.39 is 0 Å². The monoisotopic (exact) mass is 267 g/mol. The van der Waals surface area contributed by atoms with Gasteiger partial charge in [-0.15, -0.1) is 0 Å². The predicted octanol–water partition coefficient (Wildman–Crippen LogP) is 4.17. The highest BCUT2D eigenvalue weighted by Gasteiger charge is 2.13. The number of carbonyl (C=O) groups is 1. The SMILES string of the molecule is CC(C)(C)c1ccc(CC(=O)Nc2ccccc2)cc1. The molecule has 0 aliphatic heterocycles. The minimum atomic E-state index is 0.0136. The molecule has 0 radical (unpaired) electrons. The molecule has 2 nitrogen and oxygen atoms in total. The van der Waals surface area contributed by atoms with Crippen LogP contribution in [0.2, 0.25) is 0 Å². The molecule has 0 fully saturated rings. The fourth-order valence-electron chi connectivity index (χ4n) is 2.03. The van der Waals surface area contributed by atoms with Gasteiger partial charge in [0.2, 0.25) is 5.91 Å². The molecule has 0 aliphatic rings. The molecule has 0 spiro atoms. The number of hydrogen-bond acceptors (Lipinski definition) is 1. The van der Waals surface area contributed by atoms with Crippen LogP contribution in [0.4, 0.5) is 5.69 Å². The van der Waals surface area contributed by atoms with Gasteiger partial charge in [0.25, 0.3) is 0 Å². The third kappa shape index (κ3) is 3.95. The van der Waals surface area contributed by atoms with E-state index in [4.69, 9.17) is 0 Å². The van der Waals surface area contributed by atoms with Crippen LogP contribution in [0, 0.1) is 0 Å². The van der Waals surface area contributed by atoms with E-state index in [1.165, 1.54) is 5.56 Å². The van der Waals surface area contributed by atoms with Gasteiger partial charge >= 0.3 is 0 Å². The van der Waals surface area contributed by atoms with Gasteiger partial charge in [-0.25, -0.2) is 0 Å². The fourth-order valence-corrected chi connectivity index (χ4v) is 2.03. The van der Waals surface area contributed by atoms with Crippen LogP contribution in [0.3, 0.4) is 0 Å². The largest absolute Gasteiger partial charge is 0.326 e. The highest BCUT2D eigenvalue weighted by Crippen LogP contribution is 2.22. The summed E-state index contributed by atoms with van der Waals surface area (Å²) in [5, 5.41) is 2.90. The molecule has 0 atom stereocenters. The lowest BCUT2D eigenvalue weighted by Crippen LogP contribution is -2.15. The Bertz CT molecular complexity index is 565. The Hall–Kier alpha value is -2.09. The van der Waals surface area contributed by atoms with Crippen LogP contribution in [0.1, 0.15) is 31.9 Å². The van der Waals surface area contributed by atoms with E-state index in [2.05, 4.69) is 38.2 Å². The first-order valence-corrected chi connectivity index (χ1v) is 6.89. The Morgan fingerprint density at radius 3 is 2.10 bits per heavy atom. The molecule has 2 aromatic rings. The van der Waals surface area contributed by atoms with Crippen LogP contribution in [0.5, 0.6) is 0 Å². The molecular weight excluding hydrogens is 246 g/mol. The Labute approximate surface area is 120 Å². The Morgan fingerprint density at radius 2 is 1.55 bits per heavy atom. The van der Waals surface area contributed by atoms with Gasteiger partial charge in [0, 0.05) is 5.69 Å². The average Bonchev–Trinajstić information content (AvgIpc) is 2.39. The van der Waals surface area contributed by atoms with Gasteiger partial charge < -0.3 is 5.32 Å². The molecule has 2 aromatic carbocycles. The van der Waals surface area contributed by atoms with E-state index in [1.54, 1.807) is 0 Å². The van der Waals surface area contributed by atoms with Crippen molar-refractivity contribution in [3.8, 4) is 0 Å². The third-order valence-corrected chi connectivity index (χ3v) is 3.24. The molecule has 0 bridgehead atoms. The lowest BCUT2D eigenvalue weighted by molar-refractivity contribution is -0.115. The van der Waals surface area contributed by atoms with Crippen molar-refractivity contribution in [1.82, 2.24) is 0 Å². The van der Waals surface area contributed by atoms with Crippen LogP contribution in [-0.4, -0.2) is 5.91 Å². The molecule has 2 heteroatoms.